The standard InChI is InChI=1S/C10H19BrO2/c1-4-10(5-2,7-6-8-11)9(12)13-3/h4-8H2,1-3H3. The maximum atomic E-state index is 11.6. The van der Waals surface area contributed by atoms with Crippen LogP contribution in [0.1, 0.15) is 39.5 Å². The predicted octanol–water partition coefficient (Wildman–Crippen LogP) is 3.14. The predicted molar refractivity (Wildman–Crippen MR) is 58.1 cm³/mol. The Kier molecular flexibility index (Phi) is 6.39. The zero-order chi connectivity index (χ0) is 10.3. The van der Waals surface area contributed by atoms with Crippen molar-refractivity contribution in [2.24, 2.45) is 5.41 Å². The highest BCUT2D eigenvalue weighted by molar-refractivity contribution is 9.09. The number of alkyl halides is 1. The van der Waals surface area contributed by atoms with Gasteiger partial charge in [-0.05, 0) is 25.7 Å². The summed E-state index contributed by atoms with van der Waals surface area (Å²) < 4.78 is 4.84. The lowest BCUT2D eigenvalue weighted by molar-refractivity contribution is -0.153. The molecule has 0 aromatic heterocycles. The molecular weight excluding hydrogens is 232 g/mol. The number of halogens is 1. The Labute approximate surface area is 89.2 Å². The molecular formula is C10H19BrO2. The first-order valence-corrected chi connectivity index (χ1v) is 5.93. The van der Waals surface area contributed by atoms with E-state index in [1.807, 2.05) is 0 Å². The fourth-order valence-electron chi connectivity index (χ4n) is 1.62. The van der Waals surface area contributed by atoms with E-state index in [-0.39, 0.29) is 11.4 Å². The highest BCUT2D eigenvalue weighted by atomic mass is 79.9. The molecule has 13 heavy (non-hydrogen) atoms. The molecule has 0 N–H and O–H groups in total. The van der Waals surface area contributed by atoms with Crippen molar-refractivity contribution in [3.63, 3.8) is 0 Å². The average Bonchev–Trinajstić information content (AvgIpc) is 2.19. The summed E-state index contributed by atoms with van der Waals surface area (Å²) in [5.74, 6) is -0.0570. The largest absolute Gasteiger partial charge is 0.469 e. The molecule has 0 bridgehead atoms. The zero-order valence-electron chi connectivity index (χ0n) is 8.73. The van der Waals surface area contributed by atoms with Gasteiger partial charge in [0.1, 0.15) is 0 Å². The summed E-state index contributed by atoms with van der Waals surface area (Å²) in [6, 6.07) is 0. The van der Waals surface area contributed by atoms with Gasteiger partial charge in [-0.3, -0.25) is 4.79 Å². The molecule has 0 fully saturated rings. The fraction of sp³-hybridized carbons (Fsp3) is 0.900. The smallest absolute Gasteiger partial charge is 0.311 e. The molecule has 0 saturated heterocycles. The zero-order valence-corrected chi connectivity index (χ0v) is 10.3. The number of esters is 1. The molecule has 0 aliphatic carbocycles. The van der Waals surface area contributed by atoms with Gasteiger partial charge in [-0.25, -0.2) is 0 Å². The number of hydrogen-bond acceptors (Lipinski definition) is 2. The summed E-state index contributed by atoms with van der Waals surface area (Å²) in [5, 5.41) is 0.950. The second-order valence-corrected chi connectivity index (χ2v) is 4.06. The monoisotopic (exact) mass is 250 g/mol. The number of ether oxygens (including phenoxy) is 1. The van der Waals surface area contributed by atoms with E-state index in [2.05, 4.69) is 29.8 Å². The van der Waals surface area contributed by atoms with Crippen LogP contribution in [0.15, 0.2) is 0 Å². The van der Waals surface area contributed by atoms with Gasteiger partial charge in [0.2, 0.25) is 0 Å². The second-order valence-electron chi connectivity index (χ2n) is 3.27. The van der Waals surface area contributed by atoms with E-state index < -0.39 is 0 Å². The van der Waals surface area contributed by atoms with Gasteiger partial charge in [0.05, 0.1) is 12.5 Å². The van der Waals surface area contributed by atoms with Crippen molar-refractivity contribution in [3.8, 4) is 0 Å². The average molecular weight is 251 g/mol. The van der Waals surface area contributed by atoms with Crippen molar-refractivity contribution in [1.29, 1.82) is 0 Å². The van der Waals surface area contributed by atoms with Crippen LogP contribution in [0, 0.1) is 5.41 Å². The first-order chi connectivity index (χ1) is 6.16. The Morgan fingerprint density at radius 2 is 1.92 bits per heavy atom. The molecule has 78 valence electrons. The van der Waals surface area contributed by atoms with Crippen molar-refractivity contribution in [2.75, 3.05) is 12.4 Å². The lowest BCUT2D eigenvalue weighted by Gasteiger charge is -2.28. The van der Waals surface area contributed by atoms with Crippen molar-refractivity contribution < 1.29 is 9.53 Å². The molecule has 2 nitrogen and oxygen atoms in total. The molecule has 0 heterocycles. The Hall–Kier alpha value is -0.0500. The molecule has 0 aliphatic heterocycles. The Morgan fingerprint density at radius 3 is 2.23 bits per heavy atom. The third-order valence-electron chi connectivity index (χ3n) is 2.76. The van der Waals surface area contributed by atoms with Gasteiger partial charge in [0, 0.05) is 5.33 Å². The molecule has 0 aliphatic rings. The van der Waals surface area contributed by atoms with Crippen LogP contribution in [0.25, 0.3) is 0 Å². The lowest BCUT2D eigenvalue weighted by atomic mass is 9.78. The quantitative estimate of drug-likeness (QED) is 0.535. The van der Waals surface area contributed by atoms with Crippen LogP contribution in [0.4, 0.5) is 0 Å². The number of methoxy groups -OCH3 is 1. The van der Waals surface area contributed by atoms with Crippen LogP contribution in [-0.2, 0) is 9.53 Å². The van der Waals surface area contributed by atoms with E-state index in [0.29, 0.717) is 0 Å². The van der Waals surface area contributed by atoms with Crippen molar-refractivity contribution >= 4 is 21.9 Å². The summed E-state index contributed by atoms with van der Waals surface area (Å²) >= 11 is 3.38. The van der Waals surface area contributed by atoms with E-state index in [0.717, 1.165) is 31.0 Å². The van der Waals surface area contributed by atoms with E-state index in [9.17, 15) is 4.79 Å². The van der Waals surface area contributed by atoms with Gasteiger partial charge < -0.3 is 4.74 Å². The van der Waals surface area contributed by atoms with E-state index >= 15 is 0 Å². The minimum Gasteiger partial charge on any atom is -0.469 e. The van der Waals surface area contributed by atoms with E-state index in [1.165, 1.54) is 7.11 Å². The van der Waals surface area contributed by atoms with Crippen LogP contribution in [0.2, 0.25) is 0 Å². The minimum atomic E-state index is -0.248. The molecule has 0 rings (SSSR count). The van der Waals surface area contributed by atoms with Crippen molar-refractivity contribution in [1.82, 2.24) is 0 Å². The van der Waals surface area contributed by atoms with Gasteiger partial charge in [-0.2, -0.15) is 0 Å². The molecule has 0 aromatic rings. The number of carbonyl (C=O) groups is 1. The van der Waals surface area contributed by atoms with Gasteiger partial charge in [-0.1, -0.05) is 29.8 Å². The van der Waals surface area contributed by atoms with Gasteiger partial charge >= 0.3 is 5.97 Å². The molecule has 0 radical (unpaired) electrons. The number of hydrogen-bond donors (Lipinski definition) is 0. The first-order valence-electron chi connectivity index (χ1n) is 4.81. The van der Waals surface area contributed by atoms with Crippen LogP contribution in [0.5, 0.6) is 0 Å². The molecule has 0 spiro atoms. The minimum absolute atomic E-state index is 0.0570. The Balaban J connectivity index is 4.39. The second kappa shape index (κ2) is 6.41. The van der Waals surface area contributed by atoms with Crippen molar-refractivity contribution in [3.05, 3.63) is 0 Å². The maximum absolute atomic E-state index is 11.6. The highest BCUT2D eigenvalue weighted by Gasteiger charge is 2.34. The summed E-state index contributed by atoms with van der Waals surface area (Å²) in [5.41, 5.74) is -0.248. The topological polar surface area (TPSA) is 26.3 Å². The van der Waals surface area contributed by atoms with Gasteiger partial charge in [0.25, 0.3) is 0 Å². The molecule has 0 atom stereocenters. The summed E-state index contributed by atoms with van der Waals surface area (Å²) in [4.78, 5) is 11.6. The first kappa shape index (κ1) is 12.9. The van der Waals surface area contributed by atoms with Gasteiger partial charge in [0.15, 0.2) is 0 Å². The number of rotatable bonds is 6. The van der Waals surface area contributed by atoms with Crippen LogP contribution in [0.3, 0.4) is 0 Å². The molecule has 0 aromatic carbocycles. The van der Waals surface area contributed by atoms with Crippen LogP contribution in [-0.4, -0.2) is 18.4 Å². The maximum Gasteiger partial charge on any atom is 0.311 e. The Bertz CT molecular complexity index is 153. The highest BCUT2D eigenvalue weighted by Crippen LogP contribution is 2.33. The van der Waals surface area contributed by atoms with E-state index in [1.54, 1.807) is 0 Å². The van der Waals surface area contributed by atoms with Crippen molar-refractivity contribution in [2.45, 2.75) is 39.5 Å². The molecule has 0 saturated carbocycles. The summed E-state index contributed by atoms with van der Waals surface area (Å²) in [6.45, 7) is 4.10. The third-order valence-corrected chi connectivity index (χ3v) is 3.32. The molecule has 0 amide bonds. The molecule has 0 unspecified atom stereocenters. The fourth-order valence-corrected chi connectivity index (χ4v) is 1.90. The SMILES string of the molecule is CCC(CC)(CCCBr)C(=O)OC. The Morgan fingerprint density at radius 1 is 1.38 bits per heavy atom. The van der Waals surface area contributed by atoms with Gasteiger partial charge in [-0.15, -0.1) is 0 Å². The summed E-state index contributed by atoms with van der Waals surface area (Å²) in [7, 11) is 1.47. The summed E-state index contributed by atoms with van der Waals surface area (Å²) in [6.07, 6.45) is 3.67. The van der Waals surface area contributed by atoms with Crippen LogP contribution < -0.4 is 0 Å². The lowest BCUT2D eigenvalue weighted by Crippen LogP contribution is -2.31. The normalized spacial score (nSPS) is 11.4. The number of carbonyl (C=O) groups excluding carboxylic acids is 1. The third kappa shape index (κ3) is 3.29. The van der Waals surface area contributed by atoms with Crippen LogP contribution >= 0.6 is 15.9 Å². The van der Waals surface area contributed by atoms with E-state index in [4.69, 9.17) is 4.74 Å². The molecule has 3 heteroatoms.